The van der Waals surface area contributed by atoms with Crippen molar-refractivity contribution in [1.82, 2.24) is 5.32 Å². The Morgan fingerprint density at radius 2 is 2.22 bits per heavy atom. The quantitative estimate of drug-likeness (QED) is 0.875. The molecule has 2 rings (SSSR count). The van der Waals surface area contributed by atoms with Gasteiger partial charge in [-0.1, -0.05) is 23.8 Å². The summed E-state index contributed by atoms with van der Waals surface area (Å²) >= 11 is 0. The molecule has 0 unspecified atom stereocenters. The number of nitriles is 1. The Bertz CT molecular complexity index is 513. The number of nitrogens with one attached hydrogen (secondary N) is 1. The van der Waals surface area contributed by atoms with Gasteiger partial charge in [-0.15, -0.1) is 0 Å². The first-order chi connectivity index (χ1) is 8.57. The van der Waals surface area contributed by atoms with Crippen LogP contribution in [-0.2, 0) is 16.1 Å². The molecular weight excluding hydrogens is 228 g/mol. The number of amides is 1. The number of carbonyl (C=O) groups excluding carboxylic acids is 1. The zero-order valence-corrected chi connectivity index (χ0v) is 10.6. The number of nitrogens with zero attached hydrogens (tertiary/aromatic N) is 1. The maximum Gasteiger partial charge on any atom is 0.245 e. The van der Waals surface area contributed by atoms with E-state index in [9.17, 15) is 4.79 Å². The van der Waals surface area contributed by atoms with Gasteiger partial charge >= 0.3 is 0 Å². The minimum absolute atomic E-state index is 0.197. The Morgan fingerprint density at radius 1 is 1.50 bits per heavy atom. The Kier molecular flexibility index (Phi) is 3.35. The second kappa shape index (κ2) is 4.79. The normalized spacial score (nSPS) is 16.5. The molecular formula is C14H16N2O2. The van der Waals surface area contributed by atoms with Gasteiger partial charge in [-0.2, -0.15) is 5.26 Å². The lowest BCUT2D eigenvalue weighted by Gasteiger charge is -2.33. The summed E-state index contributed by atoms with van der Waals surface area (Å²) in [6.07, 6.45) is 0. The number of hydrogen-bond donors (Lipinski definition) is 1. The Morgan fingerprint density at radius 3 is 2.72 bits per heavy atom. The molecule has 1 fully saturated rings. The van der Waals surface area contributed by atoms with Crippen LogP contribution in [0.1, 0.15) is 16.7 Å². The van der Waals surface area contributed by atoms with E-state index in [0.29, 0.717) is 6.54 Å². The van der Waals surface area contributed by atoms with Gasteiger partial charge < -0.3 is 10.1 Å². The van der Waals surface area contributed by atoms with Gasteiger partial charge in [0.05, 0.1) is 19.3 Å². The first-order valence-corrected chi connectivity index (χ1v) is 5.91. The van der Waals surface area contributed by atoms with Gasteiger partial charge in [-0.05, 0) is 25.0 Å². The minimum Gasteiger partial charge on any atom is -0.377 e. The third-order valence-electron chi connectivity index (χ3n) is 3.28. The molecule has 94 valence electrons. The predicted molar refractivity (Wildman–Crippen MR) is 66.6 cm³/mol. The highest BCUT2D eigenvalue weighted by Gasteiger charge is 2.46. The lowest BCUT2D eigenvalue weighted by molar-refractivity contribution is -0.150. The molecule has 1 saturated heterocycles. The summed E-state index contributed by atoms with van der Waals surface area (Å²) in [4.78, 5) is 11.9. The smallest absolute Gasteiger partial charge is 0.245 e. The molecule has 0 aliphatic carbocycles. The molecule has 0 aromatic heterocycles. The maximum atomic E-state index is 11.9. The summed E-state index contributed by atoms with van der Waals surface area (Å²) in [6.45, 7) is 4.89. The fourth-order valence-corrected chi connectivity index (χ4v) is 1.94. The van der Waals surface area contributed by atoms with E-state index < -0.39 is 5.41 Å². The fraction of sp³-hybridized carbons (Fsp3) is 0.429. The van der Waals surface area contributed by atoms with Crippen molar-refractivity contribution in [3.8, 4) is 6.07 Å². The summed E-state index contributed by atoms with van der Waals surface area (Å²) in [5.41, 5.74) is 2.44. The van der Waals surface area contributed by atoms with Crippen LogP contribution in [0.3, 0.4) is 0 Å². The van der Waals surface area contributed by atoms with Gasteiger partial charge in [-0.25, -0.2) is 0 Å². The highest BCUT2D eigenvalue weighted by molar-refractivity contribution is 5.86. The number of rotatable bonds is 3. The van der Waals surface area contributed by atoms with Crippen LogP contribution in [0.2, 0.25) is 0 Å². The largest absolute Gasteiger partial charge is 0.377 e. The summed E-state index contributed by atoms with van der Waals surface area (Å²) in [5, 5.41) is 11.8. The molecule has 1 aliphatic heterocycles. The molecule has 1 heterocycles. The van der Waals surface area contributed by atoms with Crippen LogP contribution in [0.5, 0.6) is 0 Å². The lowest BCUT2D eigenvalue weighted by atomic mass is 9.87. The summed E-state index contributed by atoms with van der Waals surface area (Å²) in [6, 6.07) is 8.13. The van der Waals surface area contributed by atoms with E-state index >= 15 is 0 Å². The first kappa shape index (κ1) is 12.6. The molecule has 1 amide bonds. The zero-order chi connectivity index (χ0) is 13.2. The highest BCUT2D eigenvalue weighted by Crippen LogP contribution is 2.26. The summed E-state index contributed by atoms with van der Waals surface area (Å²) < 4.78 is 4.96. The van der Waals surface area contributed by atoms with Gasteiger partial charge in [0, 0.05) is 6.54 Å². The van der Waals surface area contributed by atoms with Crippen LogP contribution in [0.15, 0.2) is 18.2 Å². The topological polar surface area (TPSA) is 62.1 Å². The van der Waals surface area contributed by atoms with Crippen molar-refractivity contribution in [2.45, 2.75) is 20.4 Å². The summed E-state index contributed by atoms with van der Waals surface area (Å²) in [5.74, 6) is -0.240. The number of aryl methyl sites for hydroxylation is 2. The predicted octanol–water partition coefficient (Wildman–Crippen LogP) is 1.46. The zero-order valence-electron chi connectivity index (χ0n) is 10.6. The second-order valence-corrected chi connectivity index (χ2v) is 4.80. The molecule has 0 radical (unpaired) electrons. The van der Waals surface area contributed by atoms with E-state index in [1.165, 1.54) is 5.56 Å². The third kappa shape index (κ3) is 2.22. The van der Waals surface area contributed by atoms with Crippen molar-refractivity contribution >= 4 is 5.91 Å². The van der Waals surface area contributed by atoms with Crippen molar-refractivity contribution in [3.63, 3.8) is 0 Å². The Hall–Kier alpha value is -1.86. The van der Waals surface area contributed by atoms with E-state index in [0.717, 1.165) is 11.1 Å². The Balaban J connectivity index is 2.00. The van der Waals surface area contributed by atoms with Gasteiger partial charge in [0.25, 0.3) is 0 Å². The molecule has 0 spiro atoms. The minimum atomic E-state index is -0.974. The van der Waals surface area contributed by atoms with E-state index in [2.05, 4.69) is 11.4 Å². The molecule has 1 aromatic rings. The molecule has 0 bridgehead atoms. The molecule has 4 heteroatoms. The number of carbonyl (C=O) groups is 1. The lowest BCUT2D eigenvalue weighted by Crippen LogP contribution is -2.52. The molecule has 0 saturated carbocycles. The summed E-state index contributed by atoms with van der Waals surface area (Å²) in [7, 11) is 0. The molecule has 18 heavy (non-hydrogen) atoms. The van der Waals surface area contributed by atoms with Crippen LogP contribution in [0.25, 0.3) is 0 Å². The standard InChI is InChI=1S/C14H16N2O2/c1-10-3-4-12(11(2)5-10)6-16-13(17)14(7-15)8-18-9-14/h3-5H,6,8-9H2,1-2H3,(H,16,17). The third-order valence-corrected chi connectivity index (χ3v) is 3.28. The van der Waals surface area contributed by atoms with Crippen LogP contribution in [0.4, 0.5) is 0 Å². The van der Waals surface area contributed by atoms with Crippen molar-refractivity contribution in [1.29, 1.82) is 5.26 Å². The van der Waals surface area contributed by atoms with Crippen LogP contribution in [-0.4, -0.2) is 19.1 Å². The average molecular weight is 244 g/mol. The molecule has 1 N–H and O–H groups in total. The molecule has 0 atom stereocenters. The van der Waals surface area contributed by atoms with Crippen LogP contribution in [0, 0.1) is 30.6 Å². The second-order valence-electron chi connectivity index (χ2n) is 4.80. The SMILES string of the molecule is Cc1ccc(CNC(=O)C2(C#N)COC2)c(C)c1. The van der Waals surface area contributed by atoms with Crippen molar-refractivity contribution in [2.75, 3.05) is 13.2 Å². The molecule has 4 nitrogen and oxygen atoms in total. The number of hydrogen-bond acceptors (Lipinski definition) is 3. The van der Waals surface area contributed by atoms with Crippen LogP contribution >= 0.6 is 0 Å². The molecule has 1 aliphatic rings. The first-order valence-electron chi connectivity index (χ1n) is 5.91. The number of benzene rings is 1. The van der Waals surface area contributed by atoms with Crippen molar-refractivity contribution < 1.29 is 9.53 Å². The van der Waals surface area contributed by atoms with E-state index in [1.54, 1.807) is 0 Å². The monoisotopic (exact) mass is 244 g/mol. The fourth-order valence-electron chi connectivity index (χ4n) is 1.94. The van der Waals surface area contributed by atoms with E-state index in [1.807, 2.05) is 32.0 Å². The van der Waals surface area contributed by atoms with Gasteiger partial charge in [0.1, 0.15) is 0 Å². The van der Waals surface area contributed by atoms with Gasteiger partial charge in [0.2, 0.25) is 5.91 Å². The van der Waals surface area contributed by atoms with Gasteiger partial charge in [0.15, 0.2) is 5.41 Å². The Labute approximate surface area is 107 Å². The van der Waals surface area contributed by atoms with E-state index in [-0.39, 0.29) is 19.1 Å². The average Bonchev–Trinajstić information content (AvgIpc) is 2.27. The van der Waals surface area contributed by atoms with Crippen molar-refractivity contribution in [3.05, 3.63) is 34.9 Å². The van der Waals surface area contributed by atoms with Crippen LogP contribution < -0.4 is 5.32 Å². The molecule has 1 aromatic carbocycles. The highest BCUT2D eigenvalue weighted by atomic mass is 16.5. The van der Waals surface area contributed by atoms with Gasteiger partial charge in [-0.3, -0.25) is 4.79 Å². The van der Waals surface area contributed by atoms with E-state index in [4.69, 9.17) is 10.00 Å². The number of ether oxygens (including phenoxy) is 1. The van der Waals surface area contributed by atoms with Crippen molar-refractivity contribution in [2.24, 2.45) is 5.41 Å². The maximum absolute atomic E-state index is 11.9.